The summed E-state index contributed by atoms with van der Waals surface area (Å²) in [6.45, 7) is 2.87. The van der Waals surface area contributed by atoms with Gasteiger partial charge in [-0.15, -0.1) is 0 Å². The number of anilines is 1. The first kappa shape index (κ1) is 30.5. The van der Waals surface area contributed by atoms with E-state index in [9.17, 15) is 17.6 Å². The average Bonchev–Trinajstić information content (AvgIpc) is 3.80. The van der Waals surface area contributed by atoms with Crippen molar-refractivity contribution in [2.45, 2.75) is 61.9 Å². The van der Waals surface area contributed by atoms with E-state index in [4.69, 9.17) is 17.3 Å². The van der Waals surface area contributed by atoms with Gasteiger partial charge in [0.2, 0.25) is 15.9 Å². The number of pyridine rings is 1. The lowest BCUT2D eigenvalue weighted by Gasteiger charge is -2.40. The summed E-state index contributed by atoms with van der Waals surface area (Å²) in [4.78, 5) is 17.4. The van der Waals surface area contributed by atoms with E-state index in [2.05, 4.69) is 15.6 Å². The topological polar surface area (TPSA) is 117 Å². The Morgan fingerprint density at radius 1 is 1.14 bits per heavy atom. The molecule has 224 valence electrons. The van der Waals surface area contributed by atoms with E-state index in [0.29, 0.717) is 48.5 Å². The maximum atomic E-state index is 15.1. The van der Waals surface area contributed by atoms with Gasteiger partial charge in [-0.25, -0.2) is 17.2 Å². The van der Waals surface area contributed by atoms with Gasteiger partial charge in [-0.05, 0) is 68.0 Å². The van der Waals surface area contributed by atoms with Crippen molar-refractivity contribution in [2.75, 3.05) is 18.4 Å². The van der Waals surface area contributed by atoms with Crippen LogP contribution in [0.5, 0.6) is 0 Å². The molecule has 1 saturated heterocycles. The van der Waals surface area contributed by atoms with Crippen LogP contribution in [0.4, 0.5) is 14.5 Å². The number of piperazine rings is 1. The number of rotatable bonds is 10. The molecule has 4 unspecified atom stereocenters. The Balaban J connectivity index is 1.37. The van der Waals surface area contributed by atoms with Gasteiger partial charge in [-0.2, -0.15) is 4.31 Å². The molecule has 12 heteroatoms. The molecule has 1 aliphatic heterocycles. The SMILES string of the molecule is CC1CNCC(CCc2c(F)cncc2NC(=O)C(N)C(c2ccc(Cl)cc2)c2cccc(F)c2)N1S(=O)(=O)C1CC1. The molecule has 2 aliphatic rings. The fourth-order valence-electron chi connectivity index (χ4n) is 5.70. The second-order valence-corrected chi connectivity index (χ2v) is 13.6. The lowest BCUT2D eigenvalue weighted by molar-refractivity contribution is -0.117. The molecule has 42 heavy (non-hydrogen) atoms. The first-order chi connectivity index (χ1) is 20.1. The maximum Gasteiger partial charge on any atom is 0.242 e. The Morgan fingerprint density at radius 3 is 2.57 bits per heavy atom. The van der Waals surface area contributed by atoms with Crippen molar-refractivity contribution < 1.29 is 22.0 Å². The zero-order valence-corrected chi connectivity index (χ0v) is 24.7. The summed E-state index contributed by atoms with van der Waals surface area (Å²) in [7, 11) is -3.44. The van der Waals surface area contributed by atoms with Gasteiger partial charge in [0.15, 0.2) is 0 Å². The maximum absolute atomic E-state index is 15.1. The molecule has 4 N–H and O–H groups in total. The molecule has 2 aromatic carbocycles. The first-order valence-corrected chi connectivity index (χ1v) is 15.9. The standard InChI is InChI=1S/C30H34ClF2N5O3S/c1-18-14-35-15-23(38(18)42(40,41)24-10-11-24)9-12-25-26(33)16-36-17-27(25)37-30(39)29(34)28(19-5-7-21(31)8-6-19)20-3-2-4-22(32)13-20/h2-8,13,16-18,23-24,28-29,35H,9-12,14-15,34H2,1H3,(H,37,39). The van der Waals surface area contributed by atoms with Crippen LogP contribution < -0.4 is 16.4 Å². The average molecular weight is 618 g/mol. The van der Waals surface area contributed by atoms with E-state index in [1.807, 2.05) is 6.92 Å². The minimum absolute atomic E-state index is 0.151. The normalized spacial score (nSPS) is 21.1. The predicted molar refractivity (Wildman–Crippen MR) is 159 cm³/mol. The van der Waals surface area contributed by atoms with Crippen LogP contribution in [0, 0.1) is 11.6 Å². The molecule has 0 spiro atoms. The van der Waals surface area contributed by atoms with Crippen molar-refractivity contribution in [2.24, 2.45) is 5.73 Å². The summed E-state index contributed by atoms with van der Waals surface area (Å²) in [5.74, 6) is -2.42. The second kappa shape index (κ2) is 12.7. The summed E-state index contributed by atoms with van der Waals surface area (Å²) in [5, 5.41) is 6.16. The number of nitrogens with two attached hydrogens (primary N) is 1. The zero-order chi connectivity index (χ0) is 30.0. The number of carbonyl (C=O) groups is 1. The smallest absolute Gasteiger partial charge is 0.242 e. The number of nitrogens with one attached hydrogen (secondary N) is 2. The number of aromatic nitrogens is 1. The van der Waals surface area contributed by atoms with Crippen molar-refractivity contribution in [1.82, 2.24) is 14.6 Å². The molecular weight excluding hydrogens is 584 g/mol. The summed E-state index contributed by atoms with van der Waals surface area (Å²) in [5.41, 5.74) is 8.00. The Hall–Kier alpha value is -2.96. The minimum atomic E-state index is -3.44. The summed E-state index contributed by atoms with van der Waals surface area (Å²) in [6.07, 6.45) is 4.24. The molecule has 8 nitrogen and oxygen atoms in total. The monoisotopic (exact) mass is 617 g/mol. The second-order valence-electron chi connectivity index (χ2n) is 11.0. The van der Waals surface area contributed by atoms with Crippen molar-refractivity contribution in [3.8, 4) is 0 Å². The van der Waals surface area contributed by atoms with Crippen LogP contribution in [0.1, 0.15) is 48.8 Å². The number of amides is 1. The van der Waals surface area contributed by atoms with Crippen LogP contribution >= 0.6 is 11.6 Å². The van der Waals surface area contributed by atoms with E-state index < -0.39 is 39.5 Å². The van der Waals surface area contributed by atoms with Gasteiger partial charge in [0.1, 0.15) is 11.6 Å². The summed E-state index contributed by atoms with van der Waals surface area (Å²) >= 11 is 6.06. The quantitative estimate of drug-likeness (QED) is 0.314. The van der Waals surface area contributed by atoms with Crippen molar-refractivity contribution in [3.05, 3.63) is 94.3 Å². The van der Waals surface area contributed by atoms with Gasteiger partial charge in [0.25, 0.3) is 0 Å². The third-order valence-corrected chi connectivity index (χ3v) is 10.8. The molecule has 0 bridgehead atoms. The highest BCUT2D eigenvalue weighted by Gasteiger charge is 2.45. The number of hydrogen-bond acceptors (Lipinski definition) is 6. The summed E-state index contributed by atoms with van der Waals surface area (Å²) in [6, 6.07) is 10.9. The first-order valence-electron chi connectivity index (χ1n) is 14.0. The number of nitrogens with zero attached hydrogens (tertiary/aromatic N) is 2. The molecule has 1 aromatic heterocycles. The molecule has 1 aliphatic carbocycles. The number of carbonyl (C=O) groups excluding carboxylic acids is 1. The third kappa shape index (κ3) is 6.65. The Bertz CT molecular complexity index is 1540. The van der Waals surface area contributed by atoms with Gasteiger partial charge in [0, 0.05) is 41.7 Å². The fourth-order valence-corrected chi connectivity index (χ4v) is 8.08. The molecule has 1 amide bonds. The van der Waals surface area contributed by atoms with Gasteiger partial charge in [0.05, 0.1) is 29.4 Å². The zero-order valence-electron chi connectivity index (χ0n) is 23.1. The minimum Gasteiger partial charge on any atom is -0.323 e. The lowest BCUT2D eigenvalue weighted by Crippen LogP contribution is -2.59. The van der Waals surface area contributed by atoms with E-state index >= 15 is 4.39 Å². The molecule has 1 saturated carbocycles. The predicted octanol–water partition coefficient (Wildman–Crippen LogP) is 4.20. The number of hydrogen-bond donors (Lipinski definition) is 3. The van der Waals surface area contributed by atoms with Crippen LogP contribution in [0.15, 0.2) is 60.9 Å². The Kier molecular flexibility index (Phi) is 9.24. The molecule has 5 rings (SSSR count). The van der Waals surface area contributed by atoms with Crippen LogP contribution in [-0.4, -0.2) is 60.1 Å². The van der Waals surface area contributed by atoms with Crippen molar-refractivity contribution >= 4 is 33.2 Å². The third-order valence-electron chi connectivity index (χ3n) is 7.94. The van der Waals surface area contributed by atoms with Gasteiger partial charge < -0.3 is 16.4 Å². The lowest BCUT2D eigenvalue weighted by atomic mass is 9.85. The highest BCUT2D eigenvalue weighted by Crippen LogP contribution is 2.35. The van der Waals surface area contributed by atoms with Gasteiger partial charge in [-0.3, -0.25) is 9.78 Å². The molecule has 2 heterocycles. The molecule has 4 atom stereocenters. The largest absolute Gasteiger partial charge is 0.323 e. The Labute approximate surface area is 249 Å². The number of sulfonamides is 1. The molecule has 3 aromatic rings. The number of halogens is 3. The van der Waals surface area contributed by atoms with Gasteiger partial charge in [-0.1, -0.05) is 35.9 Å². The highest BCUT2D eigenvalue weighted by molar-refractivity contribution is 7.90. The van der Waals surface area contributed by atoms with E-state index in [1.54, 1.807) is 40.7 Å². The van der Waals surface area contributed by atoms with E-state index in [-0.39, 0.29) is 35.0 Å². The van der Waals surface area contributed by atoms with E-state index in [1.165, 1.54) is 18.3 Å². The van der Waals surface area contributed by atoms with Crippen molar-refractivity contribution in [1.29, 1.82) is 0 Å². The van der Waals surface area contributed by atoms with Crippen LogP contribution in [0.25, 0.3) is 0 Å². The van der Waals surface area contributed by atoms with Crippen LogP contribution in [0.2, 0.25) is 5.02 Å². The molecular formula is C30H34ClF2N5O3S. The molecule has 2 fully saturated rings. The molecule has 0 radical (unpaired) electrons. The summed E-state index contributed by atoms with van der Waals surface area (Å²) < 4.78 is 57.3. The fraction of sp³-hybridized carbons (Fsp3) is 0.400. The highest BCUT2D eigenvalue weighted by atomic mass is 35.5. The number of benzene rings is 2. The van der Waals surface area contributed by atoms with Crippen molar-refractivity contribution in [3.63, 3.8) is 0 Å². The van der Waals surface area contributed by atoms with Gasteiger partial charge >= 0.3 is 0 Å². The van der Waals surface area contributed by atoms with E-state index in [0.717, 1.165) is 6.20 Å². The Morgan fingerprint density at radius 2 is 1.88 bits per heavy atom. The van der Waals surface area contributed by atoms with Crippen LogP contribution in [-0.2, 0) is 21.2 Å². The van der Waals surface area contributed by atoms with Crippen LogP contribution in [0.3, 0.4) is 0 Å².